The van der Waals surface area contributed by atoms with E-state index in [2.05, 4.69) is 10.3 Å². The highest BCUT2D eigenvalue weighted by Gasteiger charge is 2.20. The Bertz CT molecular complexity index is 454. The molecular weight excluding hydrogens is 232 g/mol. The topological polar surface area (TPSA) is 71.5 Å². The lowest BCUT2D eigenvalue weighted by molar-refractivity contribution is 0.0696. The number of nitrogens with zero attached hydrogens (tertiary/aromatic N) is 1. The van der Waals surface area contributed by atoms with Gasteiger partial charge in [-0.1, -0.05) is 0 Å². The van der Waals surface area contributed by atoms with Gasteiger partial charge in [0.25, 0.3) is 0 Å². The van der Waals surface area contributed by atoms with Gasteiger partial charge in [0.15, 0.2) is 0 Å². The number of anilines is 1. The van der Waals surface area contributed by atoms with Gasteiger partial charge < -0.3 is 15.2 Å². The van der Waals surface area contributed by atoms with Crippen molar-refractivity contribution in [3.63, 3.8) is 0 Å². The molecule has 1 aliphatic rings. The van der Waals surface area contributed by atoms with E-state index in [-0.39, 0.29) is 11.6 Å². The van der Waals surface area contributed by atoms with Gasteiger partial charge in [0.1, 0.15) is 11.4 Å². The molecule has 0 radical (unpaired) electrons. The second kappa shape index (κ2) is 5.35. The SMILES string of the molecule is Cc1cc(C)c(C(=O)O)c(NC2CCOCC2)n1. The molecule has 1 aromatic rings. The molecule has 0 amide bonds. The van der Waals surface area contributed by atoms with Gasteiger partial charge in [-0.2, -0.15) is 0 Å². The quantitative estimate of drug-likeness (QED) is 0.858. The van der Waals surface area contributed by atoms with E-state index < -0.39 is 5.97 Å². The van der Waals surface area contributed by atoms with Crippen LogP contribution in [0.15, 0.2) is 6.07 Å². The molecule has 0 bridgehead atoms. The Morgan fingerprint density at radius 3 is 2.72 bits per heavy atom. The van der Waals surface area contributed by atoms with Crippen LogP contribution in [0.25, 0.3) is 0 Å². The van der Waals surface area contributed by atoms with Crippen LogP contribution in [0.3, 0.4) is 0 Å². The maximum absolute atomic E-state index is 11.3. The summed E-state index contributed by atoms with van der Waals surface area (Å²) in [4.78, 5) is 15.6. The Morgan fingerprint density at radius 1 is 1.44 bits per heavy atom. The summed E-state index contributed by atoms with van der Waals surface area (Å²) < 4.78 is 5.29. The third kappa shape index (κ3) is 2.79. The number of nitrogens with one attached hydrogen (secondary N) is 1. The average Bonchev–Trinajstić information content (AvgIpc) is 2.28. The zero-order valence-corrected chi connectivity index (χ0v) is 10.7. The van der Waals surface area contributed by atoms with Crippen molar-refractivity contribution in [2.45, 2.75) is 32.7 Å². The van der Waals surface area contributed by atoms with E-state index in [1.165, 1.54) is 0 Å². The molecule has 0 aromatic carbocycles. The van der Waals surface area contributed by atoms with Gasteiger partial charge in [0.2, 0.25) is 0 Å². The largest absolute Gasteiger partial charge is 0.478 e. The van der Waals surface area contributed by atoms with E-state index in [0.717, 1.165) is 24.1 Å². The summed E-state index contributed by atoms with van der Waals surface area (Å²) in [6, 6.07) is 2.03. The van der Waals surface area contributed by atoms with Crippen molar-refractivity contribution in [1.29, 1.82) is 0 Å². The predicted molar refractivity (Wildman–Crippen MR) is 68.1 cm³/mol. The minimum absolute atomic E-state index is 0.241. The molecule has 2 rings (SSSR count). The monoisotopic (exact) mass is 250 g/mol. The van der Waals surface area contributed by atoms with E-state index in [9.17, 15) is 9.90 Å². The van der Waals surface area contributed by atoms with Crippen molar-refractivity contribution in [3.05, 3.63) is 22.9 Å². The Hall–Kier alpha value is -1.62. The second-order valence-corrected chi connectivity index (χ2v) is 4.64. The molecule has 1 aliphatic heterocycles. The lowest BCUT2D eigenvalue weighted by atomic mass is 10.1. The number of aromatic carboxylic acids is 1. The third-order valence-electron chi connectivity index (χ3n) is 3.12. The van der Waals surface area contributed by atoms with E-state index in [0.29, 0.717) is 19.0 Å². The Morgan fingerprint density at radius 2 is 2.11 bits per heavy atom. The molecular formula is C13H18N2O3. The lowest BCUT2D eigenvalue weighted by Crippen LogP contribution is -2.29. The third-order valence-corrected chi connectivity index (χ3v) is 3.12. The fourth-order valence-electron chi connectivity index (χ4n) is 2.25. The van der Waals surface area contributed by atoms with Crippen molar-refractivity contribution in [3.8, 4) is 0 Å². The van der Waals surface area contributed by atoms with E-state index in [1.807, 2.05) is 6.92 Å². The molecule has 2 N–H and O–H groups in total. The number of carboxylic acid groups (broad SMARTS) is 1. The van der Waals surface area contributed by atoms with Crippen LogP contribution in [0.4, 0.5) is 5.82 Å². The summed E-state index contributed by atoms with van der Waals surface area (Å²) in [5, 5.41) is 12.5. The molecule has 1 saturated heterocycles. The van der Waals surface area contributed by atoms with Crippen LogP contribution in [0.1, 0.15) is 34.5 Å². The summed E-state index contributed by atoms with van der Waals surface area (Å²) in [7, 11) is 0. The molecule has 0 unspecified atom stereocenters. The first-order chi connectivity index (χ1) is 8.58. The molecule has 5 heteroatoms. The molecule has 0 aliphatic carbocycles. The minimum Gasteiger partial charge on any atom is -0.478 e. The lowest BCUT2D eigenvalue weighted by Gasteiger charge is -2.24. The van der Waals surface area contributed by atoms with E-state index >= 15 is 0 Å². The van der Waals surface area contributed by atoms with Crippen LogP contribution < -0.4 is 5.32 Å². The van der Waals surface area contributed by atoms with Crippen molar-refractivity contribution < 1.29 is 14.6 Å². The predicted octanol–water partition coefficient (Wildman–Crippen LogP) is 1.99. The molecule has 1 fully saturated rings. The first kappa shape index (κ1) is 12.8. The first-order valence-corrected chi connectivity index (χ1v) is 6.13. The van der Waals surface area contributed by atoms with Crippen LogP contribution in [0, 0.1) is 13.8 Å². The molecule has 0 atom stereocenters. The minimum atomic E-state index is -0.936. The molecule has 0 spiro atoms. The van der Waals surface area contributed by atoms with Crippen molar-refractivity contribution in [2.24, 2.45) is 0 Å². The number of hydrogen-bond donors (Lipinski definition) is 2. The Balaban J connectivity index is 2.27. The van der Waals surface area contributed by atoms with Gasteiger partial charge in [-0.25, -0.2) is 9.78 Å². The number of aryl methyl sites for hydroxylation is 2. The summed E-state index contributed by atoms with van der Waals surface area (Å²) >= 11 is 0. The number of pyridine rings is 1. The van der Waals surface area contributed by atoms with Crippen LogP contribution >= 0.6 is 0 Å². The molecule has 5 nitrogen and oxygen atoms in total. The summed E-state index contributed by atoms with van der Waals surface area (Å²) in [5.74, 6) is -0.457. The van der Waals surface area contributed by atoms with Crippen LogP contribution in [0.5, 0.6) is 0 Å². The number of hydrogen-bond acceptors (Lipinski definition) is 4. The first-order valence-electron chi connectivity index (χ1n) is 6.13. The van der Waals surface area contributed by atoms with Crippen LogP contribution in [-0.2, 0) is 4.74 Å². The van der Waals surface area contributed by atoms with E-state index in [4.69, 9.17) is 4.74 Å². The molecule has 2 heterocycles. The Labute approximate surface area is 106 Å². The van der Waals surface area contributed by atoms with Gasteiger partial charge >= 0.3 is 5.97 Å². The highest BCUT2D eigenvalue weighted by Crippen LogP contribution is 2.21. The van der Waals surface area contributed by atoms with Gasteiger partial charge in [-0.15, -0.1) is 0 Å². The van der Waals surface area contributed by atoms with Gasteiger partial charge in [-0.05, 0) is 38.3 Å². The maximum atomic E-state index is 11.3. The number of carboxylic acids is 1. The van der Waals surface area contributed by atoms with Crippen molar-refractivity contribution in [1.82, 2.24) is 4.98 Å². The smallest absolute Gasteiger partial charge is 0.339 e. The number of ether oxygens (including phenoxy) is 1. The van der Waals surface area contributed by atoms with Crippen LogP contribution in [0.2, 0.25) is 0 Å². The standard InChI is InChI=1S/C13H18N2O3/c1-8-7-9(2)14-12(11(8)13(16)17)15-10-3-5-18-6-4-10/h7,10H,3-6H2,1-2H3,(H,14,15)(H,16,17). The van der Waals surface area contributed by atoms with Gasteiger partial charge in [0, 0.05) is 24.9 Å². The zero-order valence-electron chi connectivity index (χ0n) is 10.7. The number of rotatable bonds is 3. The Kier molecular flexibility index (Phi) is 3.81. The van der Waals surface area contributed by atoms with Gasteiger partial charge in [0.05, 0.1) is 0 Å². The average molecular weight is 250 g/mol. The van der Waals surface area contributed by atoms with Crippen molar-refractivity contribution in [2.75, 3.05) is 18.5 Å². The highest BCUT2D eigenvalue weighted by molar-refractivity contribution is 5.94. The fraction of sp³-hybridized carbons (Fsp3) is 0.538. The molecule has 0 saturated carbocycles. The summed E-state index contributed by atoms with van der Waals surface area (Å²) in [5.41, 5.74) is 1.84. The summed E-state index contributed by atoms with van der Waals surface area (Å²) in [6.07, 6.45) is 1.77. The summed E-state index contributed by atoms with van der Waals surface area (Å²) in [6.45, 7) is 5.09. The van der Waals surface area contributed by atoms with Crippen molar-refractivity contribution >= 4 is 11.8 Å². The number of aromatic nitrogens is 1. The maximum Gasteiger partial charge on any atom is 0.339 e. The van der Waals surface area contributed by atoms with Gasteiger partial charge in [-0.3, -0.25) is 0 Å². The normalized spacial score (nSPS) is 16.6. The number of carbonyl (C=O) groups is 1. The second-order valence-electron chi connectivity index (χ2n) is 4.64. The van der Waals surface area contributed by atoms with E-state index in [1.54, 1.807) is 13.0 Å². The zero-order chi connectivity index (χ0) is 13.1. The van der Waals surface area contributed by atoms with Crippen LogP contribution in [-0.4, -0.2) is 35.3 Å². The molecule has 1 aromatic heterocycles. The molecule has 98 valence electrons. The molecule has 18 heavy (non-hydrogen) atoms. The highest BCUT2D eigenvalue weighted by atomic mass is 16.5. The fourth-order valence-corrected chi connectivity index (χ4v) is 2.25.